The van der Waals surface area contributed by atoms with Crippen molar-refractivity contribution in [2.45, 2.75) is 19.8 Å². The standard InChI is InChI=1S/C10H20N2O3S.ClH/c1-2-16(14,15)7-6-12-10(13)9-4-3-5-11-8-9;/h9,11H,2-8H2,1H3,(H,12,13);1H. The van der Waals surface area contributed by atoms with Gasteiger partial charge in [0.15, 0.2) is 9.84 Å². The van der Waals surface area contributed by atoms with Crippen molar-refractivity contribution in [3.63, 3.8) is 0 Å². The van der Waals surface area contributed by atoms with Crippen LogP contribution in [-0.2, 0) is 14.6 Å². The smallest absolute Gasteiger partial charge is 0.224 e. The number of carbonyl (C=O) groups is 1. The molecule has 0 radical (unpaired) electrons. The van der Waals surface area contributed by atoms with Crippen molar-refractivity contribution in [2.24, 2.45) is 5.92 Å². The predicted molar refractivity (Wildman–Crippen MR) is 70.2 cm³/mol. The van der Waals surface area contributed by atoms with Crippen LogP contribution in [0, 0.1) is 5.92 Å². The quantitative estimate of drug-likeness (QED) is 0.743. The summed E-state index contributed by atoms with van der Waals surface area (Å²) in [6.45, 7) is 3.51. The van der Waals surface area contributed by atoms with Crippen molar-refractivity contribution < 1.29 is 13.2 Å². The average Bonchev–Trinajstić information content (AvgIpc) is 2.30. The highest BCUT2D eigenvalue weighted by Crippen LogP contribution is 2.09. The van der Waals surface area contributed by atoms with Gasteiger partial charge in [0.05, 0.1) is 11.7 Å². The lowest BCUT2D eigenvalue weighted by Crippen LogP contribution is -2.41. The molecular weight excluding hydrogens is 264 g/mol. The summed E-state index contributed by atoms with van der Waals surface area (Å²) >= 11 is 0. The molecule has 0 aromatic carbocycles. The zero-order valence-electron chi connectivity index (χ0n) is 10.1. The Hall–Kier alpha value is -0.330. The first-order valence-electron chi connectivity index (χ1n) is 5.74. The van der Waals surface area contributed by atoms with E-state index in [2.05, 4.69) is 10.6 Å². The van der Waals surface area contributed by atoms with Crippen LogP contribution in [0.3, 0.4) is 0 Å². The van der Waals surface area contributed by atoms with Crippen LogP contribution in [0.5, 0.6) is 0 Å². The third-order valence-electron chi connectivity index (χ3n) is 2.82. The molecule has 1 rings (SSSR count). The highest BCUT2D eigenvalue weighted by Gasteiger charge is 2.20. The van der Waals surface area contributed by atoms with Crippen LogP contribution in [0.4, 0.5) is 0 Å². The Balaban J connectivity index is 0.00000256. The molecule has 7 heteroatoms. The summed E-state index contributed by atoms with van der Waals surface area (Å²) in [4.78, 5) is 11.6. The van der Waals surface area contributed by atoms with E-state index in [-0.39, 0.29) is 42.3 Å². The Morgan fingerprint density at radius 3 is 2.71 bits per heavy atom. The van der Waals surface area contributed by atoms with Crippen molar-refractivity contribution in [2.75, 3.05) is 31.1 Å². The SMILES string of the molecule is CCS(=O)(=O)CCNC(=O)C1CCCNC1.Cl. The van der Waals surface area contributed by atoms with Crippen LogP contribution < -0.4 is 10.6 Å². The first-order valence-corrected chi connectivity index (χ1v) is 7.56. The minimum absolute atomic E-state index is 0. The maximum atomic E-state index is 11.6. The molecular formula is C10H21ClN2O3S. The van der Waals surface area contributed by atoms with Gasteiger partial charge in [-0.2, -0.15) is 0 Å². The van der Waals surface area contributed by atoms with Gasteiger partial charge in [-0.1, -0.05) is 6.92 Å². The summed E-state index contributed by atoms with van der Waals surface area (Å²) < 4.78 is 22.4. The topological polar surface area (TPSA) is 75.3 Å². The van der Waals surface area contributed by atoms with Gasteiger partial charge in [-0.05, 0) is 19.4 Å². The fourth-order valence-corrected chi connectivity index (χ4v) is 2.40. The largest absolute Gasteiger partial charge is 0.355 e. The Morgan fingerprint density at radius 2 is 2.18 bits per heavy atom. The molecule has 1 aliphatic rings. The molecule has 1 aliphatic heterocycles. The lowest BCUT2D eigenvalue weighted by atomic mass is 9.99. The number of rotatable bonds is 5. The number of hydrogen-bond acceptors (Lipinski definition) is 4. The fraction of sp³-hybridized carbons (Fsp3) is 0.900. The molecule has 1 amide bonds. The first kappa shape index (κ1) is 16.7. The molecule has 1 atom stereocenters. The monoisotopic (exact) mass is 284 g/mol. The maximum absolute atomic E-state index is 11.6. The van der Waals surface area contributed by atoms with Crippen molar-refractivity contribution in [1.29, 1.82) is 0 Å². The maximum Gasteiger partial charge on any atom is 0.224 e. The van der Waals surface area contributed by atoms with Gasteiger partial charge in [-0.25, -0.2) is 8.42 Å². The fourth-order valence-electron chi connectivity index (χ4n) is 1.69. The van der Waals surface area contributed by atoms with E-state index >= 15 is 0 Å². The number of carbonyl (C=O) groups excluding carboxylic acids is 1. The number of nitrogens with one attached hydrogen (secondary N) is 2. The highest BCUT2D eigenvalue weighted by atomic mass is 35.5. The Bertz CT molecular complexity index is 326. The molecule has 2 N–H and O–H groups in total. The van der Waals surface area contributed by atoms with Gasteiger partial charge in [-0.3, -0.25) is 4.79 Å². The average molecular weight is 285 g/mol. The lowest BCUT2D eigenvalue weighted by Gasteiger charge is -2.21. The van der Waals surface area contributed by atoms with E-state index in [0.29, 0.717) is 6.54 Å². The second-order valence-electron chi connectivity index (χ2n) is 4.07. The molecule has 1 heterocycles. The van der Waals surface area contributed by atoms with Crippen molar-refractivity contribution in [3.8, 4) is 0 Å². The van der Waals surface area contributed by atoms with Gasteiger partial charge >= 0.3 is 0 Å². The summed E-state index contributed by atoms with van der Waals surface area (Å²) in [5.41, 5.74) is 0. The van der Waals surface area contributed by atoms with E-state index in [9.17, 15) is 13.2 Å². The van der Waals surface area contributed by atoms with E-state index < -0.39 is 9.84 Å². The van der Waals surface area contributed by atoms with Gasteiger partial charge in [0.2, 0.25) is 5.91 Å². The molecule has 0 aromatic rings. The van der Waals surface area contributed by atoms with E-state index in [1.807, 2.05) is 0 Å². The summed E-state index contributed by atoms with van der Waals surface area (Å²) in [6.07, 6.45) is 1.89. The number of halogens is 1. The van der Waals surface area contributed by atoms with E-state index in [4.69, 9.17) is 0 Å². The molecule has 1 unspecified atom stereocenters. The molecule has 0 bridgehead atoms. The van der Waals surface area contributed by atoms with Gasteiger partial charge in [-0.15, -0.1) is 12.4 Å². The Kier molecular flexibility index (Phi) is 7.74. The van der Waals surface area contributed by atoms with Gasteiger partial charge in [0.1, 0.15) is 0 Å². The zero-order chi connectivity index (χ0) is 12.0. The minimum atomic E-state index is -2.98. The number of piperidine rings is 1. The number of sulfone groups is 1. The molecule has 1 saturated heterocycles. The summed E-state index contributed by atoms with van der Waals surface area (Å²) in [6, 6.07) is 0. The second kappa shape index (κ2) is 7.89. The van der Waals surface area contributed by atoms with E-state index in [0.717, 1.165) is 19.4 Å². The van der Waals surface area contributed by atoms with Crippen LogP contribution in [0.1, 0.15) is 19.8 Å². The van der Waals surface area contributed by atoms with Gasteiger partial charge in [0.25, 0.3) is 0 Å². The van der Waals surface area contributed by atoms with Gasteiger partial charge in [0, 0.05) is 18.8 Å². The normalized spacial score (nSPS) is 20.4. The van der Waals surface area contributed by atoms with Crippen molar-refractivity contribution in [3.05, 3.63) is 0 Å². The lowest BCUT2D eigenvalue weighted by molar-refractivity contribution is -0.125. The minimum Gasteiger partial charge on any atom is -0.355 e. The summed E-state index contributed by atoms with van der Waals surface area (Å²) in [5.74, 6) is 0.139. The molecule has 102 valence electrons. The van der Waals surface area contributed by atoms with Crippen molar-refractivity contribution in [1.82, 2.24) is 10.6 Å². The predicted octanol–water partition coefficient (Wildman–Crippen LogP) is -0.0413. The van der Waals surface area contributed by atoms with Crippen LogP contribution >= 0.6 is 12.4 Å². The molecule has 5 nitrogen and oxygen atoms in total. The molecule has 0 aliphatic carbocycles. The Labute approximate surface area is 109 Å². The summed E-state index contributed by atoms with van der Waals surface area (Å²) in [5, 5.41) is 5.84. The third-order valence-corrected chi connectivity index (χ3v) is 4.53. The van der Waals surface area contributed by atoms with E-state index in [1.165, 1.54) is 0 Å². The van der Waals surface area contributed by atoms with Crippen LogP contribution in [0.2, 0.25) is 0 Å². The van der Waals surface area contributed by atoms with Crippen molar-refractivity contribution >= 4 is 28.2 Å². The molecule has 0 saturated carbocycles. The van der Waals surface area contributed by atoms with Gasteiger partial charge < -0.3 is 10.6 Å². The van der Waals surface area contributed by atoms with Crippen LogP contribution in [0.15, 0.2) is 0 Å². The van der Waals surface area contributed by atoms with E-state index in [1.54, 1.807) is 6.92 Å². The van der Waals surface area contributed by atoms with Crippen LogP contribution in [0.25, 0.3) is 0 Å². The molecule has 1 fully saturated rings. The Morgan fingerprint density at radius 1 is 1.47 bits per heavy atom. The first-order chi connectivity index (χ1) is 7.55. The highest BCUT2D eigenvalue weighted by molar-refractivity contribution is 7.91. The molecule has 17 heavy (non-hydrogen) atoms. The third kappa shape index (κ3) is 6.24. The number of hydrogen-bond donors (Lipinski definition) is 2. The zero-order valence-corrected chi connectivity index (χ0v) is 11.7. The molecule has 0 spiro atoms. The van der Waals surface area contributed by atoms with Crippen LogP contribution in [-0.4, -0.2) is 45.5 Å². The second-order valence-corrected chi connectivity index (χ2v) is 6.54. The number of amides is 1. The summed E-state index contributed by atoms with van der Waals surface area (Å²) in [7, 11) is -2.98. The molecule has 0 aromatic heterocycles.